The lowest BCUT2D eigenvalue weighted by Gasteiger charge is -2.46. The summed E-state index contributed by atoms with van der Waals surface area (Å²) in [6, 6.07) is 0. The summed E-state index contributed by atoms with van der Waals surface area (Å²) in [5, 5.41) is 0. The predicted molar refractivity (Wildman–Crippen MR) is 67.2 cm³/mol. The van der Waals surface area contributed by atoms with Crippen molar-refractivity contribution in [2.75, 3.05) is 0 Å². The third-order valence-electron chi connectivity index (χ3n) is 4.49. The third kappa shape index (κ3) is 1.77. The highest BCUT2D eigenvalue weighted by Crippen LogP contribution is 2.52. The fourth-order valence-electron chi connectivity index (χ4n) is 3.44. The second-order valence-corrected chi connectivity index (χ2v) is 6.00. The highest BCUT2D eigenvalue weighted by Gasteiger charge is 2.44. The predicted octanol–water partition coefficient (Wildman–Crippen LogP) is 4.05. The van der Waals surface area contributed by atoms with E-state index in [4.69, 9.17) is 0 Å². The molecule has 0 bridgehead atoms. The molecule has 0 aromatic rings. The first-order valence-electron chi connectivity index (χ1n) is 6.31. The second-order valence-electron chi connectivity index (χ2n) is 6.00. The molecule has 2 saturated carbocycles. The van der Waals surface area contributed by atoms with Crippen LogP contribution in [0.15, 0.2) is 23.3 Å². The summed E-state index contributed by atoms with van der Waals surface area (Å²) in [5.74, 6) is 0.928. The van der Waals surface area contributed by atoms with Crippen LogP contribution in [0.3, 0.4) is 0 Å². The molecule has 0 unspecified atom stereocenters. The van der Waals surface area contributed by atoms with Crippen LogP contribution in [0.2, 0.25) is 0 Å². The highest BCUT2D eigenvalue weighted by atomic mass is 16.1. The van der Waals surface area contributed by atoms with Crippen LogP contribution in [-0.2, 0) is 4.79 Å². The molecule has 2 rings (SSSR count). The Bertz CT molecular complexity index is 371. The molecule has 0 aromatic heterocycles. The molecule has 1 heteroatoms. The van der Waals surface area contributed by atoms with E-state index in [1.807, 2.05) is 0 Å². The van der Waals surface area contributed by atoms with Crippen LogP contribution >= 0.6 is 0 Å². The van der Waals surface area contributed by atoms with Gasteiger partial charge in [-0.25, -0.2) is 0 Å². The zero-order chi connectivity index (χ0) is 11.9. The van der Waals surface area contributed by atoms with E-state index >= 15 is 0 Å². The van der Waals surface area contributed by atoms with Crippen molar-refractivity contribution in [2.24, 2.45) is 11.3 Å². The molecule has 2 aliphatic carbocycles. The molecule has 0 spiro atoms. The number of allylic oxidation sites excluding steroid dienone is 3. The van der Waals surface area contributed by atoms with E-state index in [2.05, 4.69) is 27.4 Å². The number of rotatable bonds is 0. The number of Topliss-reactive ketones (excluding diaryl/α,β-unsaturated/α-hetero) is 1. The molecule has 0 radical (unpaired) electrons. The van der Waals surface area contributed by atoms with Crippen molar-refractivity contribution in [3.8, 4) is 0 Å². The van der Waals surface area contributed by atoms with E-state index in [0.29, 0.717) is 11.7 Å². The lowest BCUT2D eigenvalue weighted by molar-refractivity contribution is -0.120. The average Bonchev–Trinajstić information content (AvgIpc) is 2.15. The summed E-state index contributed by atoms with van der Waals surface area (Å²) in [6.45, 7) is 10.6. The number of fused-ring (bicyclic) bond motifs is 1. The van der Waals surface area contributed by atoms with Crippen molar-refractivity contribution in [3.05, 3.63) is 23.3 Å². The first-order valence-corrected chi connectivity index (χ1v) is 6.31. The van der Waals surface area contributed by atoms with Crippen molar-refractivity contribution in [2.45, 2.75) is 52.9 Å². The minimum atomic E-state index is 0.200. The Kier molecular flexibility index (Phi) is 2.81. The van der Waals surface area contributed by atoms with Gasteiger partial charge in [0.15, 0.2) is 5.78 Å². The maximum Gasteiger partial charge on any atom is 0.159 e. The second kappa shape index (κ2) is 3.87. The molecule has 1 nitrogen and oxygen atoms in total. The van der Waals surface area contributed by atoms with Crippen LogP contribution in [0.5, 0.6) is 0 Å². The smallest absolute Gasteiger partial charge is 0.159 e. The standard InChI is InChI=1S/C15H22O/c1-10(2)12-8-13-11(3)6-5-7-15(13,4)9-14(12)16/h13H,3,5-9H2,1-2,4H3/t13-,15+/m0/s1. The Morgan fingerprint density at radius 2 is 2.12 bits per heavy atom. The topological polar surface area (TPSA) is 17.1 Å². The van der Waals surface area contributed by atoms with Gasteiger partial charge in [0, 0.05) is 6.42 Å². The number of carbonyl (C=O) groups is 1. The van der Waals surface area contributed by atoms with Gasteiger partial charge in [-0.15, -0.1) is 0 Å². The Labute approximate surface area is 98.6 Å². The Balaban J connectivity index is 2.34. The van der Waals surface area contributed by atoms with Crippen LogP contribution in [0.1, 0.15) is 52.9 Å². The van der Waals surface area contributed by atoms with Crippen LogP contribution in [-0.4, -0.2) is 5.78 Å². The monoisotopic (exact) mass is 218 g/mol. The maximum absolute atomic E-state index is 12.1. The van der Waals surface area contributed by atoms with E-state index in [-0.39, 0.29) is 5.41 Å². The molecule has 2 fully saturated rings. The van der Waals surface area contributed by atoms with Crippen molar-refractivity contribution in [1.82, 2.24) is 0 Å². The fourth-order valence-corrected chi connectivity index (χ4v) is 3.44. The highest BCUT2D eigenvalue weighted by molar-refractivity contribution is 5.97. The first-order chi connectivity index (χ1) is 7.44. The zero-order valence-electron chi connectivity index (χ0n) is 10.7. The van der Waals surface area contributed by atoms with Gasteiger partial charge < -0.3 is 0 Å². The van der Waals surface area contributed by atoms with E-state index < -0.39 is 0 Å². The summed E-state index contributed by atoms with van der Waals surface area (Å²) in [5.41, 5.74) is 3.85. The molecule has 88 valence electrons. The zero-order valence-corrected chi connectivity index (χ0v) is 10.7. The average molecular weight is 218 g/mol. The summed E-state index contributed by atoms with van der Waals surface area (Å²) in [4.78, 5) is 12.1. The molecular weight excluding hydrogens is 196 g/mol. The van der Waals surface area contributed by atoms with Gasteiger partial charge >= 0.3 is 0 Å². The van der Waals surface area contributed by atoms with Gasteiger partial charge in [-0.1, -0.05) is 24.6 Å². The van der Waals surface area contributed by atoms with Gasteiger partial charge in [0.2, 0.25) is 0 Å². The Hall–Kier alpha value is -0.850. The number of ketones is 1. The molecule has 0 aliphatic heterocycles. The lowest BCUT2D eigenvalue weighted by atomic mass is 9.57. The normalized spacial score (nSPS) is 34.9. The van der Waals surface area contributed by atoms with E-state index in [9.17, 15) is 4.79 Å². The largest absolute Gasteiger partial charge is 0.295 e. The molecule has 0 N–H and O–H groups in total. The van der Waals surface area contributed by atoms with Crippen molar-refractivity contribution >= 4 is 5.78 Å². The third-order valence-corrected chi connectivity index (χ3v) is 4.49. The SMILES string of the molecule is C=C1CCC[C@]2(C)CC(=O)C(=C(C)C)C[C@@H]12. The molecule has 2 atom stereocenters. The van der Waals surface area contributed by atoms with Crippen LogP contribution in [0, 0.1) is 11.3 Å². The molecule has 16 heavy (non-hydrogen) atoms. The maximum atomic E-state index is 12.1. The van der Waals surface area contributed by atoms with E-state index in [0.717, 1.165) is 24.8 Å². The minimum absolute atomic E-state index is 0.200. The van der Waals surface area contributed by atoms with Crippen molar-refractivity contribution in [1.29, 1.82) is 0 Å². The lowest BCUT2D eigenvalue weighted by Crippen LogP contribution is -2.39. The minimum Gasteiger partial charge on any atom is -0.295 e. The molecule has 0 saturated heterocycles. The number of hydrogen-bond acceptors (Lipinski definition) is 1. The van der Waals surface area contributed by atoms with Gasteiger partial charge in [0.1, 0.15) is 0 Å². The summed E-state index contributed by atoms with van der Waals surface area (Å²) in [7, 11) is 0. The summed E-state index contributed by atoms with van der Waals surface area (Å²) in [6.07, 6.45) is 5.24. The fraction of sp³-hybridized carbons (Fsp3) is 0.667. The Morgan fingerprint density at radius 3 is 2.75 bits per heavy atom. The Morgan fingerprint density at radius 1 is 1.44 bits per heavy atom. The van der Waals surface area contributed by atoms with E-state index in [1.54, 1.807) is 0 Å². The van der Waals surface area contributed by atoms with Gasteiger partial charge in [-0.2, -0.15) is 0 Å². The van der Waals surface area contributed by atoms with Crippen LogP contribution in [0.4, 0.5) is 0 Å². The van der Waals surface area contributed by atoms with Crippen molar-refractivity contribution in [3.63, 3.8) is 0 Å². The van der Waals surface area contributed by atoms with Crippen LogP contribution < -0.4 is 0 Å². The van der Waals surface area contributed by atoms with Gasteiger partial charge in [0.05, 0.1) is 0 Å². The molecular formula is C15H22O. The van der Waals surface area contributed by atoms with Gasteiger partial charge in [-0.3, -0.25) is 4.79 Å². The van der Waals surface area contributed by atoms with Gasteiger partial charge in [-0.05, 0) is 56.4 Å². The van der Waals surface area contributed by atoms with E-state index in [1.165, 1.54) is 24.0 Å². The number of hydrogen-bond donors (Lipinski definition) is 0. The molecule has 0 amide bonds. The number of carbonyl (C=O) groups excluding carboxylic acids is 1. The molecule has 2 aliphatic rings. The molecule has 0 aromatic carbocycles. The quantitative estimate of drug-likeness (QED) is 0.443. The summed E-state index contributed by atoms with van der Waals surface area (Å²) >= 11 is 0. The molecule has 0 heterocycles. The van der Waals surface area contributed by atoms with Gasteiger partial charge in [0.25, 0.3) is 0 Å². The first kappa shape index (κ1) is 11.6. The summed E-state index contributed by atoms with van der Waals surface area (Å²) < 4.78 is 0. The van der Waals surface area contributed by atoms with Crippen molar-refractivity contribution < 1.29 is 4.79 Å². The van der Waals surface area contributed by atoms with Crippen LogP contribution in [0.25, 0.3) is 0 Å².